The van der Waals surface area contributed by atoms with Crippen molar-refractivity contribution in [3.63, 3.8) is 0 Å². The summed E-state index contributed by atoms with van der Waals surface area (Å²) >= 11 is 6.35. The highest BCUT2D eigenvalue weighted by Gasteiger charge is 2.15. The largest absolute Gasteiger partial charge is 0.444 e. The lowest BCUT2D eigenvalue weighted by Crippen LogP contribution is -2.34. The van der Waals surface area contributed by atoms with Gasteiger partial charge in [0.1, 0.15) is 5.60 Å². The maximum atomic E-state index is 11.1. The van der Waals surface area contributed by atoms with Gasteiger partial charge in [-0.2, -0.15) is 0 Å². The average molecular weight is 221 g/mol. The third kappa shape index (κ3) is 8.05. The van der Waals surface area contributed by atoms with Gasteiger partial charge in [-0.15, -0.1) is 11.8 Å². The van der Waals surface area contributed by atoms with Gasteiger partial charge < -0.3 is 10.1 Å². The van der Waals surface area contributed by atoms with Crippen molar-refractivity contribution in [2.24, 2.45) is 0 Å². The summed E-state index contributed by atoms with van der Waals surface area (Å²) in [5.41, 5.74) is -0.453. The Kier molecular flexibility index (Phi) is 5.32. The second-order valence-electron chi connectivity index (χ2n) is 3.43. The van der Waals surface area contributed by atoms with Gasteiger partial charge >= 0.3 is 6.09 Å². The van der Waals surface area contributed by atoms with Crippen LogP contribution in [0.4, 0.5) is 4.79 Å². The van der Waals surface area contributed by atoms with Crippen LogP contribution in [0, 0.1) is 0 Å². The predicted octanol–water partition coefficient (Wildman–Crippen LogP) is 2.20. The first-order valence-electron chi connectivity index (χ1n) is 3.89. The molecule has 3 nitrogen and oxygen atoms in total. The standard InChI is InChI=1S/C8H15NO2S2/c1-8(2,3)11-7(10)9-5-6(12)13-4/h5H2,1-4H3,(H,9,10). The molecule has 0 aliphatic rings. The first-order valence-corrected chi connectivity index (χ1v) is 5.52. The molecule has 0 aliphatic carbocycles. The summed E-state index contributed by atoms with van der Waals surface area (Å²) in [6.45, 7) is 5.84. The van der Waals surface area contributed by atoms with Gasteiger partial charge in [0.15, 0.2) is 0 Å². The summed E-state index contributed by atoms with van der Waals surface area (Å²) in [5.74, 6) is 0. The van der Waals surface area contributed by atoms with Gasteiger partial charge in [0.25, 0.3) is 0 Å². The van der Waals surface area contributed by atoms with Gasteiger partial charge in [-0.05, 0) is 27.0 Å². The maximum Gasteiger partial charge on any atom is 0.407 e. The molecular weight excluding hydrogens is 206 g/mol. The van der Waals surface area contributed by atoms with Crippen molar-refractivity contribution in [1.29, 1.82) is 0 Å². The summed E-state index contributed by atoms with van der Waals surface area (Å²) in [7, 11) is 0. The number of carbonyl (C=O) groups is 1. The van der Waals surface area contributed by atoms with E-state index >= 15 is 0 Å². The predicted molar refractivity (Wildman–Crippen MR) is 60.3 cm³/mol. The van der Waals surface area contributed by atoms with Crippen molar-refractivity contribution >= 4 is 34.3 Å². The minimum Gasteiger partial charge on any atom is -0.444 e. The Morgan fingerprint density at radius 3 is 2.46 bits per heavy atom. The zero-order valence-corrected chi connectivity index (χ0v) is 9.97. The van der Waals surface area contributed by atoms with Crippen LogP contribution in [-0.2, 0) is 4.74 Å². The summed E-state index contributed by atoms with van der Waals surface area (Å²) in [6, 6.07) is 0. The lowest BCUT2D eigenvalue weighted by molar-refractivity contribution is 0.0536. The van der Waals surface area contributed by atoms with Gasteiger partial charge in [0.2, 0.25) is 0 Å². The molecule has 76 valence electrons. The van der Waals surface area contributed by atoms with E-state index in [1.54, 1.807) is 0 Å². The molecule has 1 N–H and O–H groups in total. The number of thioether (sulfide) groups is 1. The van der Waals surface area contributed by atoms with Gasteiger partial charge in [0.05, 0.1) is 10.7 Å². The Bertz CT molecular complexity index is 199. The van der Waals surface area contributed by atoms with Crippen LogP contribution in [0.1, 0.15) is 20.8 Å². The van der Waals surface area contributed by atoms with Crippen molar-refractivity contribution in [3.8, 4) is 0 Å². The van der Waals surface area contributed by atoms with E-state index in [0.29, 0.717) is 6.54 Å². The molecule has 0 aromatic carbocycles. The second-order valence-corrected chi connectivity index (χ2v) is 5.08. The quantitative estimate of drug-likeness (QED) is 0.726. The van der Waals surface area contributed by atoms with E-state index < -0.39 is 11.7 Å². The van der Waals surface area contributed by atoms with Crippen molar-refractivity contribution in [2.75, 3.05) is 12.8 Å². The molecule has 0 atom stereocenters. The normalized spacial score (nSPS) is 10.8. The van der Waals surface area contributed by atoms with Crippen LogP contribution in [0.15, 0.2) is 0 Å². The van der Waals surface area contributed by atoms with E-state index in [4.69, 9.17) is 17.0 Å². The van der Waals surface area contributed by atoms with Crippen molar-refractivity contribution < 1.29 is 9.53 Å². The molecule has 0 spiro atoms. The van der Waals surface area contributed by atoms with E-state index in [9.17, 15) is 4.79 Å². The molecule has 0 radical (unpaired) electrons. The number of ether oxygens (including phenoxy) is 1. The molecule has 0 aliphatic heterocycles. The fraction of sp³-hybridized carbons (Fsp3) is 0.750. The van der Waals surface area contributed by atoms with Crippen LogP contribution < -0.4 is 5.32 Å². The van der Waals surface area contributed by atoms with E-state index in [1.165, 1.54) is 11.8 Å². The Hall–Kier alpha value is -0.290. The fourth-order valence-corrected chi connectivity index (χ4v) is 0.819. The lowest BCUT2D eigenvalue weighted by Gasteiger charge is -2.19. The van der Waals surface area contributed by atoms with Gasteiger partial charge in [0, 0.05) is 0 Å². The number of nitrogens with one attached hydrogen (secondary N) is 1. The Balaban J connectivity index is 3.71. The molecule has 0 aromatic heterocycles. The Morgan fingerprint density at radius 1 is 1.54 bits per heavy atom. The molecule has 0 bridgehead atoms. The molecule has 0 aromatic rings. The summed E-state index contributed by atoms with van der Waals surface area (Å²) in [6.07, 6.45) is 1.45. The zero-order chi connectivity index (χ0) is 10.5. The van der Waals surface area contributed by atoms with Gasteiger partial charge in [-0.1, -0.05) is 12.2 Å². The number of carbonyl (C=O) groups excluding carboxylic acids is 1. The molecule has 13 heavy (non-hydrogen) atoms. The molecule has 0 saturated heterocycles. The Morgan fingerprint density at radius 2 is 2.08 bits per heavy atom. The first kappa shape index (κ1) is 12.7. The van der Waals surface area contributed by atoms with Crippen molar-refractivity contribution in [1.82, 2.24) is 5.32 Å². The molecule has 0 heterocycles. The smallest absolute Gasteiger partial charge is 0.407 e. The Labute approximate surface area is 88.6 Å². The van der Waals surface area contributed by atoms with Crippen molar-refractivity contribution in [3.05, 3.63) is 0 Å². The minimum absolute atomic E-state index is 0.380. The van der Waals surface area contributed by atoms with Crippen LogP contribution in [-0.4, -0.2) is 28.7 Å². The SMILES string of the molecule is CSC(=S)CNC(=O)OC(C)(C)C. The van der Waals surface area contributed by atoms with Gasteiger partial charge in [-0.25, -0.2) is 4.79 Å². The summed E-state index contributed by atoms with van der Waals surface area (Å²) < 4.78 is 5.76. The number of rotatable bonds is 2. The molecule has 1 amide bonds. The van der Waals surface area contributed by atoms with Crippen molar-refractivity contribution in [2.45, 2.75) is 26.4 Å². The average Bonchev–Trinajstić information content (AvgIpc) is 1.97. The molecule has 5 heteroatoms. The first-order chi connectivity index (χ1) is 5.85. The lowest BCUT2D eigenvalue weighted by atomic mass is 10.2. The molecular formula is C8H15NO2S2. The zero-order valence-electron chi connectivity index (χ0n) is 8.34. The summed E-state index contributed by atoms with van der Waals surface area (Å²) in [5, 5.41) is 2.57. The maximum absolute atomic E-state index is 11.1. The van der Waals surface area contributed by atoms with E-state index in [-0.39, 0.29) is 0 Å². The van der Waals surface area contributed by atoms with Crippen LogP contribution in [0.2, 0.25) is 0 Å². The van der Waals surface area contributed by atoms with Gasteiger partial charge in [-0.3, -0.25) is 0 Å². The number of alkyl carbamates (subject to hydrolysis) is 1. The van der Waals surface area contributed by atoms with E-state index in [0.717, 1.165) is 4.20 Å². The summed E-state index contributed by atoms with van der Waals surface area (Å²) in [4.78, 5) is 11.1. The monoisotopic (exact) mass is 221 g/mol. The van der Waals surface area contributed by atoms with E-state index in [1.807, 2.05) is 27.0 Å². The second kappa shape index (κ2) is 5.44. The topological polar surface area (TPSA) is 38.3 Å². The molecule has 0 unspecified atom stereocenters. The van der Waals surface area contributed by atoms with Crippen LogP contribution >= 0.6 is 24.0 Å². The molecule has 0 rings (SSSR count). The van der Waals surface area contributed by atoms with Crippen LogP contribution in [0.25, 0.3) is 0 Å². The number of thiocarbonyl (C=S) groups is 1. The number of hydrogen-bond donors (Lipinski definition) is 1. The highest BCUT2D eigenvalue weighted by atomic mass is 32.2. The molecule has 0 fully saturated rings. The fourth-order valence-electron chi connectivity index (χ4n) is 0.531. The van der Waals surface area contributed by atoms with Crippen LogP contribution in [0.3, 0.4) is 0 Å². The highest BCUT2D eigenvalue weighted by molar-refractivity contribution is 8.22. The number of hydrogen-bond acceptors (Lipinski definition) is 4. The van der Waals surface area contributed by atoms with E-state index in [2.05, 4.69) is 5.32 Å². The third-order valence-corrected chi connectivity index (χ3v) is 2.25. The van der Waals surface area contributed by atoms with Crippen LogP contribution in [0.5, 0.6) is 0 Å². The highest BCUT2D eigenvalue weighted by Crippen LogP contribution is 2.06. The third-order valence-electron chi connectivity index (χ3n) is 1.00. The number of amides is 1. The molecule has 0 saturated carbocycles. The minimum atomic E-state index is -0.453.